The van der Waals surface area contributed by atoms with E-state index in [4.69, 9.17) is 0 Å². The zero-order valence-corrected chi connectivity index (χ0v) is 18.5. The van der Waals surface area contributed by atoms with Gasteiger partial charge in [0.2, 0.25) is 6.41 Å². The Labute approximate surface area is 182 Å². The van der Waals surface area contributed by atoms with Gasteiger partial charge in [0.15, 0.2) is 6.29 Å². The number of rotatable bonds is 24. The molecule has 0 rings (SSSR count). The molecule has 0 aliphatic rings. The standard InChI is InChI=1S/C23H41N3O4/c27-18-11-7-3-1-5-9-15-26(16-10-6-2-4-8-12-19-28)17-13-14-24-20-23(21-29)25-22-30/h18-22,24H,1-17H2,(H,25,30)/b23-20+. The number of hydrogen-bond donors (Lipinski definition) is 2. The number of unbranched alkanes of at least 4 members (excludes halogenated alkanes) is 10. The average Bonchev–Trinajstić information content (AvgIpc) is 2.76. The number of carbonyl (C=O) groups excluding carboxylic acids is 4. The highest BCUT2D eigenvalue weighted by Gasteiger charge is 2.05. The zero-order valence-electron chi connectivity index (χ0n) is 18.5. The first-order valence-electron chi connectivity index (χ1n) is 11.5. The molecule has 0 spiro atoms. The van der Waals surface area contributed by atoms with Gasteiger partial charge < -0.3 is 25.1 Å². The molecule has 0 atom stereocenters. The van der Waals surface area contributed by atoms with Crippen LogP contribution >= 0.6 is 0 Å². The summed E-state index contributed by atoms with van der Waals surface area (Å²) in [6.45, 7) is 3.91. The molecule has 0 bridgehead atoms. The number of amides is 1. The summed E-state index contributed by atoms with van der Waals surface area (Å²) in [5.41, 5.74) is 0.228. The van der Waals surface area contributed by atoms with Crippen molar-refractivity contribution in [3.05, 3.63) is 11.9 Å². The molecule has 2 N–H and O–H groups in total. The van der Waals surface area contributed by atoms with Crippen LogP contribution in [-0.2, 0) is 19.2 Å². The quantitative estimate of drug-likeness (QED) is 0.141. The number of allylic oxidation sites excluding steroid dienone is 1. The van der Waals surface area contributed by atoms with Crippen molar-refractivity contribution in [1.82, 2.24) is 15.5 Å². The van der Waals surface area contributed by atoms with E-state index >= 15 is 0 Å². The monoisotopic (exact) mass is 423 g/mol. The molecule has 0 aromatic carbocycles. The molecule has 0 aliphatic heterocycles. The molecule has 0 radical (unpaired) electrons. The van der Waals surface area contributed by atoms with Crippen LogP contribution < -0.4 is 10.6 Å². The van der Waals surface area contributed by atoms with Gasteiger partial charge in [-0.25, -0.2) is 0 Å². The first-order valence-corrected chi connectivity index (χ1v) is 11.5. The predicted octanol–water partition coefficient (Wildman–Crippen LogP) is 3.13. The van der Waals surface area contributed by atoms with E-state index in [0.717, 1.165) is 70.9 Å². The lowest BCUT2D eigenvalue weighted by Crippen LogP contribution is -2.29. The van der Waals surface area contributed by atoms with Gasteiger partial charge in [-0.15, -0.1) is 0 Å². The summed E-state index contributed by atoms with van der Waals surface area (Å²) in [6.07, 6.45) is 18.3. The van der Waals surface area contributed by atoms with Crippen LogP contribution in [-0.4, -0.2) is 56.3 Å². The molecule has 0 saturated carbocycles. The predicted molar refractivity (Wildman–Crippen MR) is 120 cm³/mol. The third kappa shape index (κ3) is 19.3. The topological polar surface area (TPSA) is 95.6 Å². The van der Waals surface area contributed by atoms with Gasteiger partial charge in [0.1, 0.15) is 12.6 Å². The van der Waals surface area contributed by atoms with Crippen LogP contribution in [0.2, 0.25) is 0 Å². The van der Waals surface area contributed by atoms with Gasteiger partial charge >= 0.3 is 0 Å². The van der Waals surface area contributed by atoms with Crippen molar-refractivity contribution < 1.29 is 19.2 Å². The van der Waals surface area contributed by atoms with Crippen molar-refractivity contribution in [3.63, 3.8) is 0 Å². The van der Waals surface area contributed by atoms with Crippen molar-refractivity contribution >= 4 is 25.3 Å². The Morgan fingerprint density at radius 2 is 1.13 bits per heavy atom. The first-order chi connectivity index (χ1) is 14.8. The fraction of sp³-hybridized carbons (Fsp3) is 0.739. The van der Waals surface area contributed by atoms with Gasteiger partial charge in [-0.05, 0) is 51.7 Å². The van der Waals surface area contributed by atoms with Gasteiger partial charge in [-0.2, -0.15) is 0 Å². The second-order valence-electron chi connectivity index (χ2n) is 7.58. The van der Waals surface area contributed by atoms with E-state index in [9.17, 15) is 19.2 Å². The molecule has 0 saturated heterocycles. The Hall–Kier alpha value is -2.02. The molecule has 0 aromatic heterocycles. The minimum Gasteiger partial charge on any atom is -0.389 e. The van der Waals surface area contributed by atoms with Crippen molar-refractivity contribution in [2.24, 2.45) is 0 Å². The summed E-state index contributed by atoms with van der Waals surface area (Å²) in [5, 5.41) is 5.41. The molecule has 0 heterocycles. The van der Waals surface area contributed by atoms with Crippen LogP contribution in [0, 0.1) is 0 Å². The van der Waals surface area contributed by atoms with Gasteiger partial charge in [0, 0.05) is 25.6 Å². The highest BCUT2D eigenvalue weighted by molar-refractivity contribution is 5.76. The van der Waals surface area contributed by atoms with Crippen LogP contribution in [0.1, 0.15) is 83.5 Å². The highest BCUT2D eigenvalue weighted by atomic mass is 16.1. The molecule has 172 valence electrons. The van der Waals surface area contributed by atoms with E-state index in [2.05, 4.69) is 15.5 Å². The number of nitrogens with one attached hydrogen (secondary N) is 2. The lowest BCUT2D eigenvalue weighted by molar-refractivity contribution is -0.111. The Morgan fingerprint density at radius 3 is 1.63 bits per heavy atom. The summed E-state index contributed by atoms with van der Waals surface area (Å²) < 4.78 is 0. The molecule has 7 heteroatoms. The molecule has 0 aromatic rings. The van der Waals surface area contributed by atoms with Gasteiger partial charge in [0.25, 0.3) is 0 Å². The van der Waals surface area contributed by atoms with E-state index in [1.807, 2.05) is 0 Å². The fourth-order valence-corrected chi connectivity index (χ4v) is 3.29. The number of carbonyl (C=O) groups is 4. The molecule has 7 nitrogen and oxygen atoms in total. The zero-order chi connectivity index (χ0) is 22.1. The molecule has 1 amide bonds. The maximum atomic E-state index is 10.8. The van der Waals surface area contributed by atoms with Crippen molar-refractivity contribution in [3.8, 4) is 0 Å². The number of aldehydes is 3. The molecular formula is C23H41N3O4. The molecule has 30 heavy (non-hydrogen) atoms. The maximum Gasteiger partial charge on any atom is 0.211 e. The number of nitrogens with zero attached hydrogens (tertiary/aromatic N) is 1. The normalized spacial score (nSPS) is 11.3. The Bertz CT molecular complexity index is 447. The van der Waals surface area contributed by atoms with Crippen molar-refractivity contribution in [2.75, 3.05) is 26.2 Å². The van der Waals surface area contributed by atoms with Crippen LogP contribution in [0.4, 0.5) is 0 Å². The Balaban J connectivity index is 4.09. The van der Waals surface area contributed by atoms with Crippen molar-refractivity contribution in [2.45, 2.75) is 83.5 Å². The third-order valence-electron chi connectivity index (χ3n) is 5.00. The lowest BCUT2D eigenvalue weighted by Gasteiger charge is -2.22. The minimum atomic E-state index is 0.228. The fourth-order valence-electron chi connectivity index (χ4n) is 3.29. The second kappa shape index (κ2) is 23.3. The average molecular weight is 424 g/mol. The molecule has 0 aliphatic carbocycles. The SMILES string of the molecule is O=CCCCCCCCN(CCCCCCCC=O)CCCN/C=C(\C=O)NC=O. The summed E-state index contributed by atoms with van der Waals surface area (Å²) in [7, 11) is 0. The largest absolute Gasteiger partial charge is 0.389 e. The van der Waals surface area contributed by atoms with E-state index < -0.39 is 0 Å². The molecular weight excluding hydrogens is 382 g/mol. The minimum absolute atomic E-state index is 0.228. The Morgan fingerprint density at radius 1 is 0.633 bits per heavy atom. The highest BCUT2D eigenvalue weighted by Crippen LogP contribution is 2.09. The van der Waals surface area contributed by atoms with E-state index in [-0.39, 0.29) is 5.70 Å². The van der Waals surface area contributed by atoms with Crippen LogP contribution in [0.15, 0.2) is 11.9 Å². The second-order valence-corrected chi connectivity index (χ2v) is 7.58. The molecule has 0 fully saturated rings. The Kier molecular flexibility index (Phi) is 21.7. The van der Waals surface area contributed by atoms with Crippen LogP contribution in [0.25, 0.3) is 0 Å². The third-order valence-corrected chi connectivity index (χ3v) is 5.00. The van der Waals surface area contributed by atoms with E-state index in [1.165, 1.54) is 44.7 Å². The van der Waals surface area contributed by atoms with E-state index in [0.29, 0.717) is 25.5 Å². The van der Waals surface area contributed by atoms with Gasteiger partial charge in [-0.3, -0.25) is 9.59 Å². The van der Waals surface area contributed by atoms with Crippen LogP contribution in [0.5, 0.6) is 0 Å². The number of hydrogen-bond acceptors (Lipinski definition) is 6. The first kappa shape index (κ1) is 28.0. The van der Waals surface area contributed by atoms with Gasteiger partial charge in [-0.1, -0.05) is 38.5 Å². The summed E-state index contributed by atoms with van der Waals surface area (Å²) in [5.74, 6) is 0. The van der Waals surface area contributed by atoms with Gasteiger partial charge in [0.05, 0.1) is 5.70 Å². The summed E-state index contributed by atoms with van der Waals surface area (Å²) in [4.78, 5) is 44.3. The summed E-state index contributed by atoms with van der Waals surface area (Å²) in [6, 6.07) is 0. The molecule has 0 unspecified atom stereocenters. The maximum absolute atomic E-state index is 10.8. The summed E-state index contributed by atoms with van der Waals surface area (Å²) >= 11 is 0. The van der Waals surface area contributed by atoms with Crippen molar-refractivity contribution in [1.29, 1.82) is 0 Å². The smallest absolute Gasteiger partial charge is 0.211 e. The van der Waals surface area contributed by atoms with Crippen LogP contribution in [0.3, 0.4) is 0 Å². The lowest BCUT2D eigenvalue weighted by atomic mass is 10.1. The van der Waals surface area contributed by atoms with E-state index in [1.54, 1.807) is 0 Å².